The van der Waals surface area contributed by atoms with Crippen molar-refractivity contribution >= 4 is 11.0 Å². The third-order valence-corrected chi connectivity index (χ3v) is 4.53. The van der Waals surface area contributed by atoms with Crippen LogP contribution in [0.5, 0.6) is 11.5 Å². The molecule has 0 amide bonds. The number of benzene rings is 3. The minimum absolute atomic E-state index is 0.0833. The lowest BCUT2D eigenvalue weighted by molar-refractivity contribution is 0.299. The Labute approximate surface area is 164 Å². The first-order valence-corrected chi connectivity index (χ1v) is 8.82. The molecule has 0 aliphatic carbocycles. The Morgan fingerprint density at radius 1 is 0.897 bits per heavy atom. The highest BCUT2D eigenvalue weighted by molar-refractivity contribution is 5.93. The molecule has 4 nitrogen and oxygen atoms in total. The highest BCUT2D eigenvalue weighted by Gasteiger charge is 2.10. The van der Waals surface area contributed by atoms with Gasteiger partial charge in [0.15, 0.2) is 0 Å². The van der Waals surface area contributed by atoms with E-state index in [-0.39, 0.29) is 12.2 Å². The van der Waals surface area contributed by atoms with Gasteiger partial charge in [-0.3, -0.25) is 0 Å². The molecule has 0 aliphatic heterocycles. The highest BCUT2D eigenvalue weighted by atomic mass is 19.1. The van der Waals surface area contributed by atoms with Crippen molar-refractivity contribution in [3.63, 3.8) is 0 Å². The van der Waals surface area contributed by atoms with Gasteiger partial charge in [0, 0.05) is 29.1 Å². The second kappa shape index (κ2) is 7.75. The molecule has 146 valence electrons. The summed E-state index contributed by atoms with van der Waals surface area (Å²) in [5, 5.41) is 0.732. The van der Waals surface area contributed by atoms with Crippen molar-refractivity contribution in [3.8, 4) is 22.6 Å². The van der Waals surface area contributed by atoms with Crippen LogP contribution in [0.3, 0.4) is 0 Å². The second-order valence-corrected chi connectivity index (χ2v) is 6.39. The smallest absolute Gasteiger partial charge is 0.336 e. The number of fused-ring (bicyclic) bond motifs is 1. The maximum atomic E-state index is 13.8. The molecule has 4 aromatic rings. The Balaban J connectivity index is 1.66. The van der Waals surface area contributed by atoms with Crippen molar-refractivity contribution in [1.29, 1.82) is 0 Å². The standard InChI is InChI=1S/C23H16F2O4/c1-27-17-6-3-14(4-7-17)20-12-23(26)29-22-11-18(8-9-19(20)22)28-13-15-2-5-16(24)10-21(15)25/h2-12H,13H2,1H3. The summed E-state index contributed by atoms with van der Waals surface area (Å²) >= 11 is 0. The van der Waals surface area contributed by atoms with Crippen molar-refractivity contribution in [2.45, 2.75) is 6.61 Å². The van der Waals surface area contributed by atoms with Gasteiger partial charge in [0.1, 0.15) is 35.3 Å². The molecule has 0 fully saturated rings. The van der Waals surface area contributed by atoms with Crippen LogP contribution >= 0.6 is 0 Å². The minimum Gasteiger partial charge on any atom is -0.497 e. The fraction of sp³-hybridized carbons (Fsp3) is 0.0870. The van der Waals surface area contributed by atoms with Gasteiger partial charge in [-0.25, -0.2) is 13.6 Å². The number of rotatable bonds is 5. The summed E-state index contributed by atoms with van der Waals surface area (Å²) in [7, 11) is 1.58. The first-order chi connectivity index (χ1) is 14.0. The molecule has 0 aliphatic rings. The van der Waals surface area contributed by atoms with Crippen LogP contribution in [-0.4, -0.2) is 7.11 Å². The number of methoxy groups -OCH3 is 1. The van der Waals surface area contributed by atoms with Crippen LogP contribution in [0.1, 0.15) is 5.56 Å². The summed E-state index contributed by atoms with van der Waals surface area (Å²) in [5.41, 5.74) is 1.63. The molecule has 1 heterocycles. The van der Waals surface area contributed by atoms with Gasteiger partial charge in [-0.05, 0) is 47.5 Å². The van der Waals surface area contributed by atoms with Gasteiger partial charge in [-0.15, -0.1) is 0 Å². The Kier molecular flexibility index (Phi) is 4.99. The lowest BCUT2D eigenvalue weighted by Gasteiger charge is -2.10. The zero-order chi connectivity index (χ0) is 20.4. The zero-order valence-electron chi connectivity index (χ0n) is 15.4. The maximum absolute atomic E-state index is 13.8. The predicted molar refractivity (Wildman–Crippen MR) is 105 cm³/mol. The average molecular weight is 394 g/mol. The number of hydrogen-bond donors (Lipinski definition) is 0. The summed E-state index contributed by atoms with van der Waals surface area (Å²) in [4.78, 5) is 12.1. The van der Waals surface area contributed by atoms with E-state index in [4.69, 9.17) is 13.9 Å². The van der Waals surface area contributed by atoms with Crippen LogP contribution in [0.2, 0.25) is 0 Å². The molecule has 0 spiro atoms. The predicted octanol–water partition coefficient (Wildman–Crippen LogP) is 5.33. The molecule has 0 saturated carbocycles. The maximum Gasteiger partial charge on any atom is 0.336 e. The molecular weight excluding hydrogens is 378 g/mol. The monoisotopic (exact) mass is 394 g/mol. The quantitative estimate of drug-likeness (QED) is 0.430. The average Bonchev–Trinajstić information content (AvgIpc) is 2.72. The molecule has 4 rings (SSSR count). The molecule has 0 bridgehead atoms. The zero-order valence-corrected chi connectivity index (χ0v) is 15.4. The Morgan fingerprint density at radius 2 is 1.66 bits per heavy atom. The van der Waals surface area contributed by atoms with E-state index < -0.39 is 17.3 Å². The molecule has 6 heteroatoms. The third-order valence-electron chi connectivity index (χ3n) is 4.53. The van der Waals surface area contributed by atoms with E-state index in [1.54, 1.807) is 25.3 Å². The summed E-state index contributed by atoms with van der Waals surface area (Å²) in [6.07, 6.45) is 0. The summed E-state index contributed by atoms with van der Waals surface area (Å²) in [5.74, 6) is -0.218. The summed E-state index contributed by atoms with van der Waals surface area (Å²) in [6.45, 7) is -0.0833. The molecule has 0 saturated heterocycles. The van der Waals surface area contributed by atoms with Crippen LogP contribution in [0.25, 0.3) is 22.1 Å². The minimum atomic E-state index is -0.681. The van der Waals surface area contributed by atoms with E-state index in [0.29, 0.717) is 17.1 Å². The fourth-order valence-corrected chi connectivity index (χ4v) is 3.04. The van der Waals surface area contributed by atoms with Crippen molar-refractivity contribution in [1.82, 2.24) is 0 Å². The van der Waals surface area contributed by atoms with Crippen LogP contribution in [0.4, 0.5) is 8.78 Å². The van der Waals surface area contributed by atoms with Crippen LogP contribution in [-0.2, 0) is 6.61 Å². The Bertz CT molecular complexity index is 1230. The first kappa shape index (κ1) is 18.7. The highest BCUT2D eigenvalue weighted by Crippen LogP contribution is 2.31. The van der Waals surface area contributed by atoms with Gasteiger partial charge in [0.05, 0.1) is 7.11 Å². The number of halogens is 2. The van der Waals surface area contributed by atoms with E-state index in [2.05, 4.69) is 0 Å². The van der Waals surface area contributed by atoms with Gasteiger partial charge < -0.3 is 13.9 Å². The second-order valence-electron chi connectivity index (χ2n) is 6.39. The van der Waals surface area contributed by atoms with Crippen LogP contribution < -0.4 is 15.1 Å². The molecule has 29 heavy (non-hydrogen) atoms. The first-order valence-electron chi connectivity index (χ1n) is 8.82. The Hall–Kier alpha value is -3.67. The van der Waals surface area contributed by atoms with Crippen molar-refractivity contribution in [2.75, 3.05) is 7.11 Å². The van der Waals surface area contributed by atoms with Crippen LogP contribution in [0.15, 0.2) is 75.9 Å². The summed E-state index contributed by atoms with van der Waals surface area (Å²) in [6, 6.07) is 17.1. The van der Waals surface area contributed by atoms with E-state index in [9.17, 15) is 13.6 Å². The van der Waals surface area contributed by atoms with E-state index in [1.165, 1.54) is 18.2 Å². The normalized spacial score (nSPS) is 10.9. The van der Waals surface area contributed by atoms with E-state index in [0.717, 1.165) is 22.6 Å². The van der Waals surface area contributed by atoms with E-state index >= 15 is 0 Å². The topological polar surface area (TPSA) is 48.7 Å². The lowest BCUT2D eigenvalue weighted by Crippen LogP contribution is -2.01. The van der Waals surface area contributed by atoms with Crippen LogP contribution in [0, 0.1) is 11.6 Å². The van der Waals surface area contributed by atoms with Crippen molar-refractivity contribution in [3.05, 3.63) is 94.3 Å². The molecular formula is C23H16F2O4. The molecule has 0 N–H and O–H groups in total. The largest absolute Gasteiger partial charge is 0.497 e. The van der Waals surface area contributed by atoms with Crippen molar-refractivity contribution < 1.29 is 22.7 Å². The number of hydrogen-bond acceptors (Lipinski definition) is 4. The Morgan fingerprint density at radius 3 is 2.38 bits per heavy atom. The molecule has 1 aromatic heterocycles. The van der Waals surface area contributed by atoms with Gasteiger partial charge in [0.2, 0.25) is 0 Å². The van der Waals surface area contributed by atoms with Crippen molar-refractivity contribution in [2.24, 2.45) is 0 Å². The number of ether oxygens (including phenoxy) is 2. The van der Waals surface area contributed by atoms with E-state index in [1.807, 2.05) is 24.3 Å². The SMILES string of the molecule is COc1ccc(-c2cc(=O)oc3cc(OCc4ccc(F)cc4F)ccc23)cc1. The molecule has 0 unspecified atom stereocenters. The van der Waals surface area contributed by atoms with Gasteiger partial charge >= 0.3 is 5.63 Å². The van der Waals surface area contributed by atoms with Gasteiger partial charge in [-0.2, -0.15) is 0 Å². The lowest BCUT2D eigenvalue weighted by atomic mass is 10.0. The third kappa shape index (κ3) is 3.96. The van der Waals surface area contributed by atoms with Gasteiger partial charge in [0.25, 0.3) is 0 Å². The fourth-order valence-electron chi connectivity index (χ4n) is 3.04. The molecule has 3 aromatic carbocycles. The van der Waals surface area contributed by atoms with Gasteiger partial charge in [-0.1, -0.05) is 12.1 Å². The molecule has 0 atom stereocenters. The summed E-state index contributed by atoms with van der Waals surface area (Å²) < 4.78 is 42.9. The molecule has 0 radical (unpaired) electrons.